The van der Waals surface area contributed by atoms with Gasteiger partial charge in [-0.25, -0.2) is 16.8 Å². The molecule has 0 heterocycles. The number of hydrogen-bond donors (Lipinski definition) is 1. The van der Waals surface area contributed by atoms with E-state index in [0.717, 1.165) is 12.8 Å². The predicted octanol–water partition coefficient (Wildman–Crippen LogP) is 6.98. The molecule has 250 valence electrons. The van der Waals surface area contributed by atoms with Crippen LogP contribution in [-0.2, 0) is 29.3 Å². The fourth-order valence-electron chi connectivity index (χ4n) is 5.59. The first-order valence-corrected chi connectivity index (χ1v) is 19.3. The average molecular weight is 675 g/mol. The van der Waals surface area contributed by atoms with E-state index in [9.17, 15) is 31.2 Å². The average Bonchev–Trinajstić information content (AvgIpc) is 2.91. The van der Waals surface area contributed by atoms with Gasteiger partial charge in [-0.3, -0.25) is 14.4 Å². The number of halogens is 1. The number of Topliss-reactive ketones (excluding diaryl/α,β-unsaturated/α-hetero) is 2. The molecule has 2 saturated carbocycles. The summed E-state index contributed by atoms with van der Waals surface area (Å²) in [5, 5.41) is 9.38. The molecule has 1 N–H and O–H groups in total. The molecule has 8 nitrogen and oxygen atoms in total. The Bertz CT molecular complexity index is 1350. The minimum Gasteiger partial charge on any atom is -0.481 e. The van der Waals surface area contributed by atoms with Gasteiger partial charge in [-0.1, -0.05) is 23.7 Å². The maximum Gasteiger partial charge on any atom is 0.306 e. The van der Waals surface area contributed by atoms with Gasteiger partial charge in [0.15, 0.2) is 25.5 Å². The van der Waals surface area contributed by atoms with Crippen molar-refractivity contribution in [2.24, 2.45) is 23.7 Å². The number of carbonyl (C=O) groups excluding carboxylic acids is 2. The first-order valence-electron chi connectivity index (χ1n) is 15.6. The minimum atomic E-state index is -3.13. The third-order valence-corrected chi connectivity index (χ3v) is 14.8. The number of rotatable bonds is 10. The molecular formula is C33H51ClO8S2. The van der Waals surface area contributed by atoms with Crippen LogP contribution in [0.3, 0.4) is 0 Å². The molecule has 44 heavy (non-hydrogen) atoms. The summed E-state index contributed by atoms with van der Waals surface area (Å²) in [4.78, 5) is 35.5. The lowest BCUT2D eigenvalue weighted by Crippen LogP contribution is -2.35. The molecule has 0 aromatic heterocycles. The quantitative estimate of drug-likeness (QED) is 0.262. The topological polar surface area (TPSA) is 140 Å². The number of hydrogen-bond acceptors (Lipinski definition) is 7. The van der Waals surface area contributed by atoms with E-state index in [4.69, 9.17) is 16.7 Å². The van der Waals surface area contributed by atoms with Crippen molar-refractivity contribution in [3.63, 3.8) is 0 Å². The van der Waals surface area contributed by atoms with Gasteiger partial charge in [-0.15, -0.1) is 0 Å². The maximum absolute atomic E-state index is 12.5. The van der Waals surface area contributed by atoms with E-state index in [0.29, 0.717) is 49.1 Å². The Labute approximate surface area is 269 Å². The first kappa shape index (κ1) is 38.4. The second-order valence-electron chi connectivity index (χ2n) is 14.5. The van der Waals surface area contributed by atoms with E-state index in [2.05, 4.69) is 0 Å². The zero-order valence-corrected chi connectivity index (χ0v) is 29.5. The summed E-state index contributed by atoms with van der Waals surface area (Å²) in [6.07, 6.45) is 6.03. The van der Waals surface area contributed by atoms with Gasteiger partial charge >= 0.3 is 5.97 Å². The summed E-state index contributed by atoms with van der Waals surface area (Å²) in [6, 6.07) is 6.76. The number of aliphatic carboxylic acids is 1. The molecule has 3 rings (SSSR count). The fourth-order valence-corrected chi connectivity index (χ4v) is 8.69. The van der Waals surface area contributed by atoms with Crippen molar-refractivity contribution in [2.75, 3.05) is 11.5 Å². The van der Waals surface area contributed by atoms with E-state index < -0.39 is 35.1 Å². The SMILES string of the molecule is CC(C)(C)S(=O)(=O)CC1CCC(C(=O)CCC(=O)c2cccc(Cl)c2)CC1.CC(C)(C)S(=O)(=O)CC1CCC(C(=O)O)CC1. The van der Waals surface area contributed by atoms with Crippen molar-refractivity contribution in [1.82, 2.24) is 0 Å². The molecule has 0 spiro atoms. The number of carboxylic acid groups (broad SMARTS) is 1. The van der Waals surface area contributed by atoms with Crippen LogP contribution in [0, 0.1) is 23.7 Å². The van der Waals surface area contributed by atoms with E-state index in [1.165, 1.54) is 0 Å². The standard InChI is InChI=1S/C21H29ClO4S.C12H22O4S/c1-21(2,3)27(25,26)14-15-7-9-16(10-8-15)19(23)11-12-20(24)17-5-4-6-18(22)13-17;1-12(2,3)17(15,16)8-9-4-6-10(7-5-9)11(13)14/h4-6,13,15-16H,7-12,14H2,1-3H3;9-10H,4-8H2,1-3H3,(H,13,14). The number of ketones is 2. The van der Waals surface area contributed by atoms with Crippen molar-refractivity contribution in [2.45, 2.75) is 115 Å². The van der Waals surface area contributed by atoms with Crippen LogP contribution in [0.2, 0.25) is 5.02 Å². The molecular weight excluding hydrogens is 624 g/mol. The highest BCUT2D eigenvalue weighted by molar-refractivity contribution is 7.93. The fraction of sp³-hybridized carbons (Fsp3) is 0.727. The number of carboxylic acids is 1. The molecule has 0 saturated heterocycles. The highest BCUT2D eigenvalue weighted by Gasteiger charge is 2.35. The summed E-state index contributed by atoms with van der Waals surface area (Å²) in [6.45, 7) is 10.3. The van der Waals surface area contributed by atoms with E-state index in [-0.39, 0.29) is 59.6 Å². The number of sulfone groups is 2. The van der Waals surface area contributed by atoms with Crippen molar-refractivity contribution in [3.8, 4) is 0 Å². The molecule has 2 aliphatic rings. The van der Waals surface area contributed by atoms with Gasteiger partial charge in [-0.2, -0.15) is 0 Å². The van der Waals surface area contributed by atoms with Gasteiger partial charge in [0, 0.05) is 29.3 Å². The van der Waals surface area contributed by atoms with Gasteiger partial charge < -0.3 is 5.11 Å². The Morgan fingerprint density at radius 1 is 0.727 bits per heavy atom. The molecule has 0 bridgehead atoms. The lowest BCUT2D eigenvalue weighted by atomic mass is 9.79. The lowest BCUT2D eigenvalue weighted by Gasteiger charge is -2.29. The zero-order valence-electron chi connectivity index (χ0n) is 27.1. The maximum atomic E-state index is 12.5. The van der Waals surface area contributed by atoms with Gasteiger partial charge in [-0.05, 0) is 117 Å². The summed E-state index contributed by atoms with van der Waals surface area (Å²) in [5.74, 6) is -0.371. The second kappa shape index (κ2) is 15.7. The smallest absolute Gasteiger partial charge is 0.306 e. The van der Waals surface area contributed by atoms with Crippen LogP contribution >= 0.6 is 11.6 Å². The van der Waals surface area contributed by atoms with Gasteiger partial charge in [0.05, 0.1) is 26.9 Å². The molecule has 2 aliphatic carbocycles. The Hall–Kier alpha value is -1.78. The Balaban J connectivity index is 0.000000342. The van der Waals surface area contributed by atoms with Crippen LogP contribution < -0.4 is 0 Å². The summed E-state index contributed by atoms with van der Waals surface area (Å²) in [5.41, 5.74) is 0.534. The minimum absolute atomic E-state index is 0.0502. The number of benzene rings is 1. The molecule has 0 amide bonds. The molecule has 0 radical (unpaired) electrons. The summed E-state index contributed by atoms with van der Waals surface area (Å²) < 4.78 is 47.3. The van der Waals surface area contributed by atoms with E-state index in [1.807, 2.05) is 0 Å². The second-order valence-corrected chi connectivity index (χ2v) is 20.5. The van der Waals surface area contributed by atoms with E-state index in [1.54, 1.807) is 65.8 Å². The number of carbonyl (C=O) groups is 3. The van der Waals surface area contributed by atoms with Crippen LogP contribution in [0.4, 0.5) is 0 Å². The van der Waals surface area contributed by atoms with Crippen LogP contribution in [-0.4, -0.2) is 60.5 Å². The van der Waals surface area contributed by atoms with Crippen LogP contribution in [0.15, 0.2) is 24.3 Å². The summed E-state index contributed by atoms with van der Waals surface area (Å²) >= 11 is 5.90. The zero-order chi connectivity index (χ0) is 33.5. The van der Waals surface area contributed by atoms with Crippen molar-refractivity contribution < 1.29 is 36.3 Å². The van der Waals surface area contributed by atoms with Crippen molar-refractivity contribution >= 4 is 48.8 Å². The normalized spacial score (nSPS) is 23.2. The van der Waals surface area contributed by atoms with E-state index >= 15 is 0 Å². The summed E-state index contributed by atoms with van der Waals surface area (Å²) in [7, 11) is -6.21. The monoisotopic (exact) mass is 674 g/mol. The molecule has 11 heteroatoms. The predicted molar refractivity (Wildman–Crippen MR) is 176 cm³/mol. The lowest BCUT2D eigenvalue weighted by molar-refractivity contribution is -0.143. The van der Waals surface area contributed by atoms with Crippen LogP contribution in [0.1, 0.15) is 116 Å². The molecule has 0 unspecified atom stereocenters. The third kappa shape index (κ3) is 11.5. The van der Waals surface area contributed by atoms with Crippen molar-refractivity contribution in [3.05, 3.63) is 34.9 Å². The molecule has 0 atom stereocenters. The Morgan fingerprint density at radius 2 is 1.16 bits per heavy atom. The highest BCUT2D eigenvalue weighted by Crippen LogP contribution is 2.34. The molecule has 2 fully saturated rings. The largest absolute Gasteiger partial charge is 0.481 e. The Morgan fingerprint density at radius 3 is 1.55 bits per heavy atom. The van der Waals surface area contributed by atoms with Crippen molar-refractivity contribution in [1.29, 1.82) is 0 Å². The third-order valence-electron chi connectivity index (χ3n) is 9.02. The van der Waals surface area contributed by atoms with Crippen LogP contribution in [0.5, 0.6) is 0 Å². The Kier molecular flexibility index (Phi) is 13.7. The van der Waals surface area contributed by atoms with Gasteiger partial charge in [0.2, 0.25) is 0 Å². The first-order chi connectivity index (χ1) is 20.1. The molecule has 1 aromatic carbocycles. The highest BCUT2D eigenvalue weighted by atomic mass is 35.5. The molecule has 0 aliphatic heterocycles. The molecule has 1 aromatic rings. The van der Waals surface area contributed by atoms with Gasteiger partial charge in [0.1, 0.15) is 5.78 Å². The van der Waals surface area contributed by atoms with Crippen LogP contribution in [0.25, 0.3) is 0 Å². The van der Waals surface area contributed by atoms with Gasteiger partial charge in [0.25, 0.3) is 0 Å².